The van der Waals surface area contributed by atoms with Gasteiger partial charge in [-0.2, -0.15) is 0 Å². The fourth-order valence-corrected chi connectivity index (χ4v) is 1.70. The summed E-state index contributed by atoms with van der Waals surface area (Å²) in [6, 6.07) is 6.84. The molecule has 0 aliphatic carbocycles. The summed E-state index contributed by atoms with van der Waals surface area (Å²) in [7, 11) is 1.58. The van der Waals surface area contributed by atoms with Crippen molar-refractivity contribution in [3.05, 3.63) is 52.7 Å². The van der Waals surface area contributed by atoms with Crippen LogP contribution in [0.4, 0.5) is 28.1 Å². The van der Waals surface area contributed by atoms with Crippen LogP contribution in [0.1, 0.15) is 5.56 Å². The number of carbonyl (C=O) groups is 1. The first-order chi connectivity index (χ1) is 10.5. The highest BCUT2D eigenvalue weighted by molar-refractivity contribution is 5.89. The predicted octanol–water partition coefficient (Wildman–Crippen LogP) is 2.98. The number of aryl methyl sites for hydroxylation is 1. The maximum absolute atomic E-state index is 11.8. The zero-order valence-corrected chi connectivity index (χ0v) is 12.0. The van der Waals surface area contributed by atoms with Gasteiger partial charge in [0, 0.05) is 5.69 Å². The molecule has 8 heteroatoms. The molecule has 0 radical (unpaired) electrons. The second-order valence-electron chi connectivity index (χ2n) is 4.44. The molecule has 2 aromatic rings. The monoisotopic (exact) mass is 295 g/mol. The number of carbonyl (C=O) groups excluding carboxylic acids is 1. The summed E-state index contributed by atoms with van der Waals surface area (Å²) in [5.41, 5.74) is 6.72. The Kier molecular flexibility index (Phi) is 4.25. The van der Waals surface area contributed by atoms with Gasteiger partial charge in [0.05, 0.1) is 7.05 Å². The normalized spacial score (nSPS) is 9.45. The summed E-state index contributed by atoms with van der Waals surface area (Å²) in [6.07, 6.45) is 0. The second-order valence-corrected chi connectivity index (χ2v) is 4.44. The SMILES string of the molecule is [C-]#[N+]c1nc(NNC(=O)Nc2ccc(C)cc2)n(C)c1[N+]#[C-]. The minimum atomic E-state index is -0.486. The van der Waals surface area contributed by atoms with Crippen LogP contribution in [0.15, 0.2) is 24.3 Å². The Balaban J connectivity index is 2.00. The van der Waals surface area contributed by atoms with Crippen LogP contribution in [0.3, 0.4) is 0 Å². The van der Waals surface area contributed by atoms with E-state index >= 15 is 0 Å². The van der Waals surface area contributed by atoms with Crippen molar-refractivity contribution in [3.8, 4) is 0 Å². The van der Waals surface area contributed by atoms with E-state index in [1.54, 1.807) is 19.2 Å². The molecule has 1 heterocycles. The van der Waals surface area contributed by atoms with Gasteiger partial charge < -0.3 is 15.0 Å². The highest BCUT2D eigenvalue weighted by Gasteiger charge is 2.19. The molecule has 0 fully saturated rings. The van der Waals surface area contributed by atoms with Crippen molar-refractivity contribution >= 4 is 29.3 Å². The lowest BCUT2D eigenvalue weighted by molar-refractivity contribution is 0.253. The molecule has 0 aliphatic rings. The van der Waals surface area contributed by atoms with Gasteiger partial charge >= 0.3 is 12.0 Å². The van der Waals surface area contributed by atoms with Gasteiger partial charge in [-0.1, -0.05) is 35.8 Å². The molecule has 1 aromatic heterocycles. The zero-order chi connectivity index (χ0) is 16.1. The topological polar surface area (TPSA) is 79.7 Å². The Morgan fingerprint density at radius 2 is 1.91 bits per heavy atom. The van der Waals surface area contributed by atoms with Crippen molar-refractivity contribution in [2.75, 3.05) is 10.7 Å². The average molecular weight is 295 g/mol. The molecule has 1 aromatic carbocycles. The highest BCUT2D eigenvalue weighted by atomic mass is 16.2. The minimum Gasteiger partial charge on any atom is -0.373 e. The fraction of sp³-hybridized carbons (Fsp3) is 0.143. The number of aromatic nitrogens is 2. The Labute approximate surface area is 127 Å². The van der Waals surface area contributed by atoms with E-state index in [0.717, 1.165) is 5.56 Å². The molecule has 0 saturated heterocycles. The maximum atomic E-state index is 11.8. The van der Waals surface area contributed by atoms with Gasteiger partial charge in [-0.25, -0.2) is 15.6 Å². The van der Waals surface area contributed by atoms with E-state index in [4.69, 9.17) is 13.1 Å². The van der Waals surface area contributed by atoms with Crippen LogP contribution in [-0.2, 0) is 7.05 Å². The van der Waals surface area contributed by atoms with E-state index in [0.29, 0.717) is 5.69 Å². The summed E-state index contributed by atoms with van der Waals surface area (Å²) in [5.74, 6) is 0.301. The van der Waals surface area contributed by atoms with Crippen molar-refractivity contribution < 1.29 is 4.79 Å². The van der Waals surface area contributed by atoms with Gasteiger partial charge in [-0.05, 0) is 19.1 Å². The Morgan fingerprint density at radius 3 is 2.45 bits per heavy atom. The maximum Gasteiger partial charge on any atom is 0.390 e. The summed E-state index contributed by atoms with van der Waals surface area (Å²) >= 11 is 0. The van der Waals surface area contributed by atoms with Gasteiger partial charge in [0.25, 0.3) is 11.6 Å². The number of hydrazine groups is 1. The van der Waals surface area contributed by atoms with E-state index in [9.17, 15) is 4.79 Å². The first-order valence-corrected chi connectivity index (χ1v) is 6.26. The highest BCUT2D eigenvalue weighted by Crippen LogP contribution is 2.29. The number of imidazole rings is 1. The van der Waals surface area contributed by atoms with E-state index in [-0.39, 0.29) is 17.6 Å². The van der Waals surface area contributed by atoms with Crippen LogP contribution >= 0.6 is 0 Å². The first kappa shape index (κ1) is 14.9. The largest absolute Gasteiger partial charge is 0.390 e. The number of benzene rings is 1. The van der Waals surface area contributed by atoms with Crippen LogP contribution in [0, 0.1) is 20.1 Å². The predicted molar refractivity (Wildman–Crippen MR) is 82.7 cm³/mol. The van der Waals surface area contributed by atoms with Crippen LogP contribution < -0.4 is 16.2 Å². The smallest absolute Gasteiger partial charge is 0.373 e. The van der Waals surface area contributed by atoms with Crippen LogP contribution in [0.5, 0.6) is 0 Å². The van der Waals surface area contributed by atoms with Gasteiger partial charge in [0.1, 0.15) is 0 Å². The third-order valence-corrected chi connectivity index (χ3v) is 2.86. The van der Waals surface area contributed by atoms with Gasteiger partial charge in [0.2, 0.25) is 0 Å². The number of amides is 2. The van der Waals surface area contributed by atoms with Crippen molar-refractivity contribution in [3.63, 3.8) is 0 Å². The number of hydrogen-bond acceptors (Lipinski definition) is 3. The van der Waals surface area contributed by atoms with E-state index in [1.165, 1.54) is 4.57 Å². The molecule has 0 spiro atoms. The number of rotatable bonds is 3. The molecular weight excluding hydrogens is 282 g/mol. The average Bonchev–Trinajstić information content (AvgIpc) is 2.83. The molecule has 0 saturated carbocycles. The van der Waals surface area contributed by atoms with Crippen LogP contribution in [-0.4, -0.2) is 15.6 Å². The molecule has 0 unspecified atom stereocenters. The zero-order valence-electron chi connectivity index (χ0n) is 12.0. The number of nitrogens with zero attached hydrogens (tertiary/aromatic N) is 4. The molecule has 3 N–H and O–H groups in total. The quantitative estimate of drug-likeness (QED) is 0.601. The Hall–Kier alpha value is -3.52. The lowest BCUT2D eigenvalue weighted by atomic mass is 10.2. The summed E-state index contributed by atoms with van der Waals surface area (Å²) in [4.78, 5) is 22.1. The molecule has 2 amide bonds. The summed E-state index contributed by atoms with van der Waals surface area (Å²) < 4.78 is 1.40. The Morgan fingerprint density at radius 1 is 1.23 bits per heavy atom. The third kappa shape index (κ3) is 3.14. The molecule has 0 aliphatic heterocycles. The number of urea groups is 1. The summed E-state index contributed by atoms with van der Waals surface area (Å²) in [5, 5.41) is 2.64. The van der Waals surface area contributed by atoms with Gasteiger partial charge in [0.15, 0.2) is 0 Å². The van der Waals surface area contributed by atoms with E-state index in [1.807, 2.05) is 19.1 Å². The van der Waals surface area contributed by atoms with E-state index in [2.05, 4.69) is 30.8 Å². The molecule has 110 valence electrons. The molecule has 22 heavy (non-hydrogen) atoms. The van der Waals surface area contributed by atoms with E-state index < -0.39 is 6.03 Å². The van der Waals surface area contributed by atoms with Crippen molar-refractivity contribution in [1.29, 1.82) is 0 Å². The standard InChI is InChI=1S/C14H13N7O/c1-9-5-7-10(8-6-9)17-14(22)20-19-13-18-11(15-2)12(16-3)21(13)4/h5-8H,1,4H3,(H,18,19)(H2,17,20,22). The van der Waals surface area contributed by atoms with Gasteiger partial charge in [-0.3, -0.25) is 4.57 Å². The Bertz CT molecular complexity index is 777. The molecule has 0 bridgehead atoms. The summed E-state index contributed by atoms with van der Waals surface area (Å²) in [6.45, 7) is 15.9. The van der Waals surface area contributed by atoms with Gasteiger partial charge in [-0.15, -0.1) is 0 Å². The molecule has 8 nitrogen and oxygen atoms in total. The third-order valence-electron chi connectivity index (χ3n) is 2.86. The lowest BCUT2D eigenvalue weighted by Gasteiger charge is -2.07. The fourth-order valence-electron chi connectivity index (χ4n) is 1.70. The van der Waals surface area contributed by atoms with Crippen LogP contribution in [0.2, 0.25) is 0 Å². The first-order valence-electron chi connectivity index (χ1n) is 6.26. The second kappa shape index (κ2) is 6.29. The van der Waals surface area contributed by atoms with Crippen molar-refractivity contribution in [2.24, 2.45) is 7.05 Å². The van der Waals surface area contributed by atoms with Crippen molar-refractivity contribution in [1.82, 2.24) is 15.0 Å². The number of hydrogen-bond donors (Lipinski definition) is 3. The molecule has 2 rings (SSSR count). The van der Waals surface area contributed by atoms with Crippen LogP contribution in [0.25, 0.3) is 9.69 Å². The number of anilines is 2. The molecular formula is C14H13N7O. The minimum absolute atomic E-state index is 0.0132. The number of nitrogens with one attached hydrogen (secondary N) is 3. The molecule has 0 atom stereocenters. The lowest BCUT2D eigenvalue weighted by Crippen LogP contribution is -2.34. The van der Waals surface area contributed by atoms with Crippen molar-refractivity contribution in [2.45, 2.75) is 6.92 Å².